The summed E-state index contributed by atoms with van der Waals surface area (Å²) in [6.45, 7) is -1.02. The van der Waals surface area contributed by atoms with Crippen LogP contribution in [0.2, 0.25) is 0 Å². The topological polar surface area (TPSA) is 106 Å². The summed E-state index contributed by atoms with van der Waals surface area (Å²) in [5.41, 5.74) is 0.679. The number of rotatable bonds is 6. The predicted molar refractivity (Wildman–Crippen MR) is 95.3 cm³/mol. The van der Waals surface area contributed by atoms with Crippen LogP contribution in [0, 0.1) is 0 Å². The number of benzene rings is 1. The second-order valence-electron chi connectivity index (χ2n) is 5.23. The fourth-order valence-corrected chi connectivity index (χ4v) is 2.24. The number of halogens is 1. The lowest BCUT2D eigenvalue weighted by molar-refractivity contribution is -0.147. The highest BCUT2D eigenvalue weighted by Crippen LogP contribution is 2.10. The molecule has 0 bridgehead atoms. The first-order chi connectivity index (χ1) is 12.4. The largest absolute Gasteiger partial charge is 0.454 e. The molecule has 2 N–H and O–H groups in total. The van der Waals surface area contributed by atoms with Gasteiger partial charge in [-0.15, -0.1) is 0 Å². The monoisotopic (exact) mass is 421 g/mol. The number of hydrogen-bond acceptors (Lipinski definition) is 5. The number of nitrogens with one attached hydrogen (secondary N) is 2. The Hall–Kier alpha value is -2.94. The van der Waals surface area contributed by atoms with Gasteiger partial charge >= 0.3 is 5.97 Å². The van der Waals surface area contributed by atoms with Gasteiger partial charge in [0.1, 0.15) is 12.2 Å². The van der Waals surface area contributed by atoms with E-state index in [0.717, 1.165) is 4.47 Å². The molecule has 0 aliphatic rings. The van der Waals surface area contributed by atoms with Crippen LogP contribution in [0.4, 0.5) is 0 Å². The van der Waals surface area contributed by atoms with Crippen LogP contribution < -0.4 is 10.6 Å². The van der Waals surface area contributed by atoms with Gasteiger partial charge in [-0.1, -0.05) is 15.9 Å². The van der Waals surface area contributed by atoms with Gasteiger partial charge in [-0.05, 0) is 36.4 Å². The Morgan fingerprint density at radius 3 is 2.38 bits per heavy atom. The van der Waals surface area contributed by atoms with Crippen molar-refractivity contribution in [1.82, 2.24) is 15.2 Å². The second-order valence-corrected chi connectivity index (χ2v) is 6.15. The van der Waals surface area contributed by atoms with E-state index in [1.54, 1.807) is 54.2 Å². The average Bonchev–Trinajstić information content (AvgIpc) is 3.04. The number of carbonyl (C=O) groups is 4. The van der Waals surface area contributed by atoms with Gasteiger partial charge < -0.3 is 14.6 Å². The zero-order valence-corrected chi connectivity index (χ0v) is 15.4. The molecular formula is C17H16BrN3O5. The Labute approximate surface area is 157 Å². The summed E-state index contributed by atoms with van der Waals surface area (Å²) in [5, 5.41) is 4.49. The highest BCUT2D eigenvalue weighted by atomic mass is 79.9. The molecule has 1 heterocycles. The molecule has 26 heavy (non-hydrogen) atoms. The van der Waals surface area contributed by atoms with E-state index in [0.29, 0.717) is 11.3 Å². The molecule has 9 heteroatoms. The zero-order valence-electron chi connectivity index (χ0n) is 13.8. The molecule has 0 atom stereocenters. The Morgan fingerprint density at radius 2 is 1.77 bits per heavy atom. The number of hydrogen-bond donors (Lipinski definition) is 2. The first-order valence-electron chi connectivity index (χ1n) is 7.51. The molecule has 0 saturated carbocycles. The number of aromatic nitrogens is 1. The van der Waals surface area contributed by atoms with Crippen LogP contribution in [-0.2, 0) is 21.4 Å². The SMILES string of the molecule is Cn1cccc1C(=O)NC(=O)COC(=O)CNC(=O)c1ccc(Br)cc1. The van der Waals surface area contributed by atoms with Crippen molar-refractivity contribution in [2.24, 2.45) is 7.05 Å². The maximum Gasteiger partial charge on any atom is 0.325 e. The minimum Gasteiger partial charge on any atom is -0.454 e. The summed E-state index contributed by atoms with van der Waals surface area (Å²) in [6.07, 6.45) is 1.66. The molecule has 0 aliphatic heterocycles. The van der Waals surface area contributed by atoms with Gasteiger partial charge in [-0.2, -0.15) is 0 Å². The molecule has 0 radical (unpaired) electrons. The summed E-state index contributed by atoms with van der Waals surface area (Å²) in [6, 6.07) is 9.78. The number of esters is 1. The predicted octanol–water partition coefficient (Wildman–Crippen LogP) is 1.02. The van der Waals surface area contributed by atoms with E-state index >= 15 is 0 Å². The van der Waals surface area contributed by atoms with Crippen LogP contribution in [0.1, 0.15) is 20.8 Å². The number of nitrogens with zero attached hydrogens (tertiary/aromatic N) is 1. The number of aryl methyl sites for hydroxylation is 1. The standard InChI is InChI=1S/C17H16BrN3O5/c1-21-8-2-3-13(21)17(25)20-14(22)10-26-15(23)9-19-16(24)11-4-6-12(18)7-5-11/h2-8H,9-10H2,1H3,(H,19,24)(H,20,22,25). The van der Waals surface area contributed by atoms with Gasteiger partial charge in [0.25, 0.3) is 17.7 Å². The third kappa shape index (κ3) is 5.55. The van der Waals surface area contributed by atoms with Gasteiger partial charge in [-0.25, -0.2) is 0 Å². The van der Waals surface area contributed by atoms with E-state index < -0.39 is 36.8 Å². The summed E-state index contributed by atoms with van der Waals surface area (Å²) < 4.78 is 7.10. The highest BCUT2D eigenvalue weighted by molar-refractivity contribution is 9.10. The molecule has 0 aliphatic carbocycles. The third-order valence-corrected chi connectivity index (χ3v) is 3.82. The zero-order chi connectivity index (χ0) is 19.1. The molecule has 1 aromatic heterocycles. The van der Waals surface area contributed by atoms with E-state index in [2.05, 4.69) is 26.6 Å². The van der Waals surface area contributed by atoms with Crippen LogP contribution in [0.5, 0.6) is 0 Å². The van der Waals surface area contributed by atoms with Crippen molar-refractivity contribution in [2.75, 3.05) is 13.2 Å². The van der Waals surface area contributed by atoms with Gasteiger partial charge in [-0.3, -0.25) is 24.5 Å². The van der Waals surface area contributed by atoms with E-state index in [9.17, 15) is 19.2 Å². The minimum atomic E-state index is -0.795. The Bertz CT molecular complexity index is 829. The molecule has 0 unspecified atom stereocenters. The molecule has 1 aromatic carbocycles. The summed E-state index contributed by atoms with van der Waals surface area (Å²) in [4.78, 5) is 46.9. The summed E-state index contributed by atoms with van der Waals surface area (Å²) in [7, 11) is 1.66. The van der Waals surface area contributed by atoms with Crippen LogP contribution in [0.3, 0.4) is 0 Å². The van der Waals surface area contributed by atoms with E-state index in [1.807, 2.05) is 0 Å². The van der Waals surface area contributed by atoms with Crippen molar-refractivity contribution < 1.29 is 23.9 Å². The molecular weight excluding hydrogens is 406 g/mol. The van der Waals surface area contributed by atoms with Crippen LogP contribution in [-0.4, -0.2) is 41.4 Å². The van der Waals surface area contributed by atoms with Gasteiger partial charge in [0.15, 0.2) is 6.61 Å². The van der Waals surface area contributed by atoms with Crippen molar-refractivity contribution in [2.45, 2.75) is 0 Å². The van der Waals surface area contributed by atoms with E-state index in [4.69, 9.17) is 4.74 Å². The fraction of sp³-hybridized carbons (Fsp3) is 0.176. The van der Waals surface area contributed by atoms with E-state index in [-0.39, 0.29) is 0 Å². The fourth-order valence-electron chi connectivity index (χ4n) is 1.98. The lowest BCUT2D eigenvalue weighted by atomic mass is 10.2. The number of carbonyl (C=O) groups excluding carboxylic acids is 4. The smallest absolute Gasteiger partial charge is 0.325 e. The first kappa shape index (κ1) is 19.4. The van der Waals surface area contributed by atoms with Gasteiger partial charge in [0.2, 0.25) is 0 Å². The van der Waals surface area contributed by atoms with E-state index in [1.165, 1.54) is 0 Å². The lowest BCUT2D eigenvalue weighted by Gasteiger charge is -2.07. The molecule has 0 spiro atoms. The quantitative estimate of drug-likeness (QED) is 0.677. The first-order valence-corrected chi connectivity index (χ1v) is 8.31. The lowest BCUT2D eigenvalue weighted by Crippen LogP contribution is -2.37. The van der Waals surface area contributed by atoms with Crippen LogP contribution in [0.15, 0.2) is 47.1 Å². The maximum absolute atomic E-state index is 11.8. The number of amides is 3. The van der Waals surface area contributed by atoms with Crippen molar-refractivity contribution in [3.8, 4) is 0 Å². The third-order valence-electron chi connectivity index (χ3n) is 3.29. The van der Waals surface area contributed by atoms with Crippen LogP contribution >= 0.6 is 15.9 Å². The van der Waals surface area contributed by atoms with Crippen LogP contribution in [0.25, 0.3) is 0 Å². The highest BCUT2D eigenvalue weighted by Gasteiger charge is 2.15. The Kier molecular flexibility index (Phi) is 6.67. The average molecular weight is 422 g/mol. The molecule has 2 rings (SSSR count). The molecule has 136 valence electrons. The maximum atomic E-state index is 11.8. The Balaban J connectivity index is 1.72. The van der Waals surface area contributed by atoms with Crippen molar-refractivity contribution in [3.63, 3.8) is 0 Å². The number of imide groups is 1. The van der Waals surface area contributed by atoms with Crippen molar-refractivity contribution in [1.29, 1.82) is 0 Å². The molecule has 0 saturated heterocycles. The van der Waals surface area contributed by atoms with Gasteiger partial charge in [0.05, 0.1) is 0 Å². The molecule has 8 nitrogen and oxygen atoms in total. The normalized spacial score (nSPS) is 10.1. The molecule has 3 amide bonds. The van der Waals surface area contributed by atoms with Gasteiger partial charge in [0, 0.05) is 23.3 Å². The minimum absolute atomic E-state index is 0.298. The molecule has 2 aromatic rings. The second kappa shape index (κ2) is 8.95. The van der Waals surface area contributed by atoms with Crippen molar-refractivity contribution >= 4 is 39.6 Å². The summed E-state index contributed by atoms with van der Waals surface area (Å²) in [5.74, 6) is -2.60. The molecule has 0 fully saturated rings. The summed E-state index contributed by atoms with van der Waals surface area (Å²) >= 11 is 3.26. The number of ether oxygens (including phenoxy) is 1. The Morgan fingerprint density at radius 1 is 1.08 bits per heavy atom. The van der Waals surface area contributed by atoms with Crippen molar-refractivity contribution in [3.05, 3.63) is 58.3 Å².